The van der Waals surface area contributed by atoms with E-state index in [1.807, 2.05) is 19.1 Å². The summed E-state index contributed by atoms with van der Waals surface area (Å²) in [6.45, 7) is 1.86. The van der Waals surface area contributed by atoms with E-state index in [0.29, 0.717) is 16.5 Å². The molecule has 0 radical (unpaired) electrons. The summed E-state index contributed by atoms with van der Waals surface area (Å²) in [6, 6.07) is 14.2. The minimum atomic E-state index is -0.228. The summed E-state index contributed by atoms with van der Waals surface area (Å²) < 4.78 is 5.42. The molecule has 0 bridgehead atoms. The molecule has 1 amide bonds. The molecule has 0 fully saturated rings. The van der Waals surface area contributed by atoms with Gasteiger partial charge < -0.3 is 15.8 Å². The van der Waals surface area contributed by atoms with Crippen molar-refractivity contribution >= 4 is 23.2 Å². The number of amides is 1. The molecule has 2 rings (SSSR count). The van der Waals surface area contributed by atoms with Crippen molar-refractivity contribution in [1.29, 1.82) is 0 Å². The second kappa shape index (κ2) is 7.11. The number of halogens is 1. The molecule has 110 valence electrons. The maximum atomic E-state index is 11.8. The van der Waals surface area contributed by atoms with Crippen LogP contribution in [-0.4, -0.2) is 12.5 Å². The Morgan fingerprint density at radius 3 is 2.38 bits per heavy atom. The first-order valence-corrected chi connectivity index (χ1v) is 6.96. The number of nitrogens with two attached hydrogens (primary N) is 1. The number of hydrogen-bond acceptors (Lipinski definition) is 3. The van der Waals surface area contributed by atoms with Gasteiger partial charge in [0.2, 0.25) is 0 Å². The molecule has 1 atom stereocenters. The third kappa shape index (κ3) is 4.77. The summed E-state index contributed by atoms with van der Waals surface area (Å²) in [5.41, 5.74) is 7.47. The van der Waals surface area contributed by atoms with Crippen LogP contribution in [0.5, 0.6) is 5.75 Å². The minimum Gasteiger partial charge on any atom is -0.484 e. The SMILES string of the molecule is C[C@@H](N)c1ccc(OCC(=O)Nc2ccc(Cl)cc2)cc1. The van der Waals surface area contributed by atoms with Crippen LogP contribution in [-0.2, 0) is 4.79 Å². The molecule has 2 aromatic carbocycles. The summed E-state index contributed by atoms with van der Waals surface area (Å²) in [5, 5.41) is 3.35. The molecule has 0 spiro atoms. The fourth-order valence-corrected chi connectivity index (χ4v) is 1.87. The average Bonchev–Trinajstić information content (AvgIpc) is 2.48. The van der Waals surface area contributed by atoms with E-state index >= 15 is 0 Å². The average molecular weight is 305 g/mol. The van der Waals surface area contributed by atoms with E-state index in [4.69, 9.17) is 22.1 Å². The Balaban J connectivity index is 1.84. The molecule has 0 unspecified atom stereocenters. The van der Waals surface area contributed by atoms with Crippen molar-refractivity contribution in [3.63, 3.8) is 0 Å². The Hall–Kier alpha value is -2.04. The molecule has 0 saturated carbocycles. The number of rotatable bonds is 5. The van der Waals surface area contributed by atoms with Gasteiger partial charge in [-0.2, -0.15) is 0 Å². The molecule has 0 aliphatic heterocycles. The highest BCUT2D eigenvalue weighted by Crippen LogP contribution is 2.16. The highest BCUT2D eigenvalue weighted by atomic mass is 35.5. The van der Waals surface area contributed by atoms with Crippen molar-refractivity contribution in [2.75, 3.05) is 11.9 Å². The molecular weight excluding hydrogens is 288 g/mol. The number of nitrogens with one attached hydrogen (secondary N) is 1. The van der Waals surface area contributed by atoms with Gasteiger partial charge in [0.05, 0.1) is 0 Å². The van der Waals surface area contributed by atoms with Crippen LogP contribution in [0.15, 0.2) is 48.5 Å². The Morgan fingerprint density at radius 2 is 1.81 bits per heavy atom. The number of hydrogen-bond donors (Lipinski definition) is 2. The second-order valence-corrected chi connectivity index (χ2v) is 5.14. The van der Waals surface area contributed by atoms with Gasteiger partial charge in [-0.3, -0.25) is 4.79 Å². The van der Waals surface area contributed by atoms with Gasteiger partial charge in [-0.25, -0.2) is 0 Å². The number of carbonyl (C=O) groups excluding carboxylic acids is 1. The fourth-order valence-electron chi connectivity index (χ4n) is 1.75. The summed E-state index contributed by atoms with van der Waals surface area (Å²) in [6.07, 6.45) is 0. The summed E-state index contributed by atoms with van der Waals surface area (Å²) in [5.74, 6) is 0.402. The van der Waals surface area contributed by atoms with Gasteiger partial charge >= 0.3 is 0 Å². The molecule has 0 aromatic heterocycles. The third-order valence-electron chi connectivity index (χ3n) is 2.90. The van der Waals surface area contributed by atoms with Gasteiger partial charge in [0.15, 0.2) is 6.61 Å². The van der Waals surface area contributed by atoms with Crippen LogP contribution in [0.2, 0.25) is 5.02 Å². The van der Waals surface area contributed by atoms with Crippen LogP contribution in [0.3, 0.4) is 0 Å². The van der Waals surface area contributed by atoms with Crippen LogP contribution < -0.4 is 15.8 Å². The van der Waals surface area contributed by atoms with Crippen molar-refractivity contribution in [3.8, 4) is 5.75 Å². The van der Waals surface area contributed by atoms with Crippen molar-refractivity contribution < 1.29 is 9.53 Å². The Morgan fingerprint density at radius 1 is 1.19 bits per heavy atom. The Bertz CT molecular complexity index is 595. The number of ether oxygens (including phenoxy) is 1. The molecule has 0 saturated heterocycles. The van der Waals surface area contributed by atoms with Gasteiger partial charge in [-0.05, 0) is 48.9 Å². The standard InChI is InChI=1S/C16H17ClN2O2/c1-11(18)12-2-8-15(9-3-12)21-10-16(20)19-14-6-4-13(17)5-7-14/h2-9,11H,10,18H2,1H3,(H,19,20)/t11-/m1/s1. The van der Waals surface area contributed by atoms with Gasteiger partial charge in [0.25, 0.3) is 5.91 Å². The van der Waals surface area contributed by atoms with Crippen LogP contribution >= 0.6 is 11.6 Å². The van der Waals surface area contributed by atoms with Crippen molar-refractivity contribution in [1.82, 2.24) is 0 Å². The molecular formula is C16H17ClN2O2. The lowest BCUT2D eigenvalue weighted by Gasteiger charge is -2.09. The molecule has 21 heavy (non-hydrogen) atoms. The lowest BCUT2D eigenvalue weighted by molar-refractivity contribution is -0.118. The normalized spacial score (nSPS) is 11.8. The maximum absolute atomic E-state index is 11.8. The zero-order valence-corrected chi connectivity index (χ0v) is 12.4. The highest BCUT2D eigenvalue weighted by Gasteiger charge is 2.04. The molecule has 0 aliphatic carbocycles. The second-order valence-electron chi connectivity index (χ2n) is 4.70. The lowest BCUT2D eigenvalue weighted by Crippen LogP contribution is -2.20. The number of anilines is 1. The van der Waals surface area contributed by atoms with Gasteiger partial charge in [0, 0.05) is 16.8 Å². The molecule has 4 nitrogen and oxygen atoms in total. The lowest BCUT2D eigenvalue weighted by atomic mass is 10.1. The van der Waals surface area contributed by atoms with E-state index in [2.05, 4.69) is 5.32 Å². The Labute approximate surface area is 128 Å². The molecule has 0 heterocycles. The molecule has 2 aromatic rings. The van der Waals surface area contributed by atoms with E-state index < -0.39 is 0 Å². The van der Waals surface area contributed by atoms with Crippen LogP contribution in [0.4, 0.5) is 5.69 Å². The van der Waals surface area contributed by atoms with E-state index in [9.17, 15) is 4.79 Å². The van der Waals surface area contributed by atoms with Gasteiger partial charge in [-0.15, -0.1) is 0 Å². The van der Waals surface area contributed by atoms with Crippen molar-refractivity contribution in [2.45, 2.75) is 13.0 Å². The molecule has 5 heteroatoms. The number of carbonyl (C=O) groups is 1. The van der Waals surface area contributed by atoms with E-state index in [1.54, 1.807) is 36.4 Å². The zero-order valence-electron chi connectivity index (χ0n) is 11.7. The Kier molecular flexibility index (Phi) is 5.20. The summed E-state index contributed by atoms with van der Waals surface area (Å²) >= 11 is 5.78. The largest absolute Gasteiger partial charge is 0.484 e. The first-order valence-electron chi connectivity index (χ1n) is 6.58. The summed E-state index contributed by atoms with van der Waals surface area (Å²) in [4.78, 5) is 11.8. The molecule has 0 aliphatic rings. The monoisotopic (exact) mass is 304 g/mol. The first kappa shape index (κ1) is 15.4. The smallest absolute Gasteiger partial charge is 0.262 e. The van der Waals surface area contributed by atoms with E-state index in [0.717, 1.165) is 5.56 Å². The van der Waals surface area contributed by atoms with Crippen LogP contribution in [0.25, 0.3) is 0 Å². The van der Waals surface area contributed by atoms with Gasteiger partial charge in [-0.1, -0.05) is 23.7 Å². The topological polar surface area (TPSA) is 64.3 Å². The van der Waals surface area contributed by atoms with Crippen LogP contribution in [0.1, 0.15) is 18.5 Å². The van der Waals surface area contributed by atoms with E-state index in [-0.39, 0.29) is 18.6 Å². The predicted octanol–water partition coefficient (Wildman–Crippen LogP) is 3.38. The quantitative estimate of drug-likeness (QED) is 0.890. The van der Waals surface area contributed by atoms with Gasteiger partial charge in [0.1, 0.15) is 5.75 Å². The third-order valence-corrected chi connectivity index (χ3v) is 3.16. The zero-order chi connectivity index (χ0) is 15.2. The first-order chi connectivity index (χ1) is 10.0. The van der Waals surface area contributed by atoms with E-state index in [1.165, 1.54) is 0 Å². The summed E-state index contributed by atoms with van der Waals surface area (Å²) in [7, 11) is 0. The maximum Gasteiger partial charge on any atom is 0.262 e. The van der Waals surface area contributed by atoms with Crippen LogP contribution in [0, 0.1) is 0 Å². The van der Waals surface area contributed by atoms with Crippen molar-refractivity contribution in [3.05, 3.63) is 59.1 Å². The minimum absolute atomic E-state index is 0.0211. The predicted molar refractivity (Wildman–Crippen MR) is 84.6 cm³/mol. The fraction of sp³-hybridized carbons (Fsp3) is 0.188. The number of benzene rings is 2. The highest BCUT2D eigenvalue weighted by molar-refractivity contribution is 6.30. The molecule has 3 N–H and O–H groups in total. The van der Waals surface area contributed by atoms with Crippen molar-refractivity contribution in [2.24, 2.45) is 5.73 Å².